The maximum Gasteiger partial charge on any atom is 0.343 e. The fraction of sp³-hybridized carbons (Fsp3) is 0.235. The van der Waals surface area contributed by atoms with Crippen molar-refractivity contribution in [2.45, 2.75) is 13.8 Å². The second-order valence-electron chi connectivity index (χ2n) is 4.72. The third-order valence-corrected chi connectivity index (χ3v) is 3.92. The fourth-order valence-electron chi connectivity index (χ4n) is 2.01. The molecule has 0 spiro atoms. The number of ether oxygens (including phenoxy) is 3. The summed E-state index contributed by atoms with van der Waals surface area (Å²) in [4.78, 5) is 12.4. The van der Waals surface area contributed by atoms with Crippen LogP contribution in [0.4, 0.5) is 0 Å². The van der Waals surface area contributed by atoms with Crippen LogP contribution in [0.1, 0.15) is 22.8 Å². The first-order chi connectivity index (χ1) is 11.0. The van der Waals surface area contributed by atoms with Crippen molar-refractivity contribution in [1.29, 1.82) is 0 Å². The average Bonchev–Trinajstić information content (AvgIpc) is 2.51. The van der Waals surface area contributed by atoms with E-state index in [4.69, 9.17) is 25.8 Å². The molecule has 2 rings (SSSR count). The fourth-order valence-corrected chi connectivity index (χ4v) is 2.79. The van der Waals surface area contributed by atoms with E-state index in [9.17, 15) is 4.79 Å². The Bertz CT molecular complexity index is 731. The zero-order chi connectivity index (χ0) is 17.0. The number of carbonyl (C=O) groups is 1. The number of hydrogen-bond donors (Lipinski definition) is 0. The molecule has 2 aromatic carbocycles. The number of rotatable bonds is 5. The Hall–Kier alpha value is -1.72. The lowest BCUT2D eigenvalue weighted by atomic mass is 10.2. The topological polar surface area (TPSA) is 44.8 Å². The van der Waals surface area contributed by atoms with Crippen LogP contribution in [-0.2, 0) is 0 Å². The zero-order valence-corrected chi connectivity index (χ0v) is 15.3. The number of benzene rings is 2. The van der Waals surface area contributed by atoms with Crippen LogP contribution in [0.5, 0.6) is 17.2 Å². The maximum absolute atomic E-state index is 12.4. The molecule has 0 amide bonds. The number of esters is 1. The maximum atomic E-state index is 12.4. The van der Waals surface area contributed by atoms with Gasteiger partial charge in [-0.15, -0.1) is 0 Å². The number of aryl methyl sites for hydroxylation is 1. The van der Waals surface area contributed by atoms with Crippen molar-refractivity contribution in [3.63, 3.8) is 0 Å². The molecule has 0 saturated carbocycles. The highest BCUT2D eigenvalue weighted by Gasteiger charge is 2.17. The molecular weight excluding hydrogens is 384 g/mol. The molecule has 0 aliphatic heterocycles. The van der Waals surface area contributed by atoms with Gasteiger partial charge in [0.2, 0.25) is 0 Å². The molecule has 0 atom stereocenters. The van der Waals surface area contributed by atoms with Crippen molar-refractivity contribution in [2.75, 3.05) is 13.7 Å². The lowest BCUT2D eigenvalue weighted by Gasteiger charge is -2.13. The largest absolute Gasteiger partial charge is 0.493 e. The molecule has 0 unspecified atom stereocenters. The molecular formula is C17H16BrClO4. The number of methoxy groups -OCH3 is 1. The molecule has 122 valence electrons. The highest BCUT2D eigenvalue weighted by atomic mass is 79.9. The summed E-state index contributed by atoms with van der Waals surface area (Å²) in [6.07, 6.45) is 0. The smallest absolute Gasteiger partial charge is 0.343 e. The van der Waals surface area contributed by atoms with E-state index in [1.54, 1.807) is 30.3 Å². The van der Waals surface area contributed by atoms with E-state index in [2.05, 4.69) is 15.9 Å². The minimum atomic E-state index is -0.488. The first-order valence-electron chi connectivity index (χ1n) is 6.95. The Labute approximate surface area is 148 Å². The van der Waals surface area contributed by atoms with E-state index in [1.807, 2.05) is 13.8 Å². The summed E-state index contributed by atoms with van der Waals surface area (Å²) < 4.78 is 16.8. The summed E-state index contributed by atoms with van der Waals surface area (Å²) in [5.41, 5.74) is 1.13. The van der Waals surface area contributed by atoms with Crippen LogP contribution in [0, 0.1) is 6.92 Å². The Morgan fingerprint density at radius 1 is 1.22 bits per heavy atom. The van der Waals surface area contributed by atoms with Gasteiger partial charge in [0.15, 0.2) is 11.5 Å². The minimum Gasteiger partial charge on any atom is -0.493 e. The number of hydrogen-bond acceptors (Lipinski definition) is 4. The van der Waals surface area contributed by atoms with Gasteiger partial charge in [0.05, 0.1) is 23.8 Å². The molecule has 0 aliphatic carbocycles. The van der Waals surface area contributed by atoms with E-state index in [0.717, 1.165) is 5.56 Å². The van der Waals surface area contributed by atoms with Crippen molar-refractivity contribution in [2.24, 2.45) is 0 Å². The summed E-state index contributed by atoms with van der Waals surface area (Å²) in [6.45, 7) is 4.18. The van der Waals surface area contributed by atoms with Gasteiger partial charge in [-0.05, 0) is 65.7 Å². The van der Waals surface area contributed by atoms with E-state index >= 15 is 0 Å². The molecule has 4 nitrogen and oxygen atoms in total. The molecule has 23 heavy (non-hydrogen) atoms. The lowest BCUT2D eigenvalue weighted by molar-refractivity contribution is 0.0733. The molecule has 0 N–H and O–H groups in total. The second-order valence-corrected chi connectivity index (χ2v) is 6.01. The molecule has 2 aromatic rings. The van der Waals surface area contributed by atoms with Gasteiger partial charge in [-0.1, -0.05) is 11.6 Å². The molecule has 0 radical (unpaired) electrons. The average molecular weight is 400 g/mol. The van der Waals surface area contributed by atoms with E-state index < -0.39 is 5.97 Å². The van der Waals surface area contributed by atoms with Crippen LogP contribution in [0.3, 0.4) is 0 Å². The predicted molar refractivity (Wildman–Crippen MR) is 93.0 cm³/mol. The third kappa shape index (κ3) is 4.18. The summed E-state index contributed by atoms with van der Waals surface area (Å²) in [6, 6.07) is 8.30. The third-order valence-electron chi connectivity index (χ3n) is 3.09. The van der Waals surface area contributed by atoms with Crippen LogP contribution >= 0.6 is 27.5 Å². The molecule has 0 fully saturated rings. The zero-order valence-electron chi connectivity index (χ0n) is 13.0. The van der Waals surface area contributed by atoms with Crippen LogP contribution in [0.15, 0.2) is 34.8 Å². The minimum absolute atomic E-state index is 0.353. The SMILES string of the molecule is CCOc1c(Br)cc(C(=O)Oc2ccc(Cl)cc2C)cc1OC. The van der Waals surface area contributed by atoms with Gasteiger partial charge < -0.3 is 14.2 Å². The molecule has 0 saturated heterocycles. The van der Waals surface area contributed by atoms with E-state index in [0.29, 0.717) is 38.9 Å². The van der Waals surface area contributed by atoms with Gasteiger partial charge in [-0.3, -0.25) is 0 Å². The Morgan fingerprint density at radius 3 is 2.57 bits per heavy atom. The Morgan fingerprint density at radius 2 is 1.96 bits per heavy atom. The molecule has 0 heterocycles. The van der Waals surface area contributed by atoms with Crippen molar-refractivity contribution in [3.05, 3.63) is 51.0 Å². The van der Waals surface area contributed by atoms with Crippen molar-refractivity contribution < 1.29 is 19.0 Å². The Kier molecular flexibility index (Phi) is 5.91. The summed E-state index contributed by atoms with van der Waals surface area (Å²) >= 11 is 9.29. The van der Waals surface area contributed by atoms with Gasteiger partial charge in [0.25, 0.3) is 0 Å². The molecule has 0 bridgehead atoms. The van der Waals surface area contributed by atoms with Crippen LogP contribution in [0.2, 0.25) is 5.02 Å². The van der Waals surface area contributed by atoms with Gasteiger partial charge >= 0.3 is 5.97 Å². The first kappa shape index (κ1) is 17.6. The summed E-state index contributed by atoms with van der Waals surface area (Å²) in [7, 11) is 1.52. The molecule has 0 aromatic heterocycles. The molecule has 6 heteroatoms. The van der Waals surface area contributed by atoms with E-state index in [1.165, 1.54) is 7.11 Å². The lowest BCUT2D eigenvalue weighted by Crippen LogP contribution is -2.10. The highest BCUT2D eigenvalue weighted by Crippen LogP contribution is 2.37. The first-order valence-corrected chi connectivity index (χ1v) is 8.12. The predicted octanol–water partition coefficient (Wildman–Crippen LogP) is 5.04. The van der Waals surface area contributed by atoms with Crippen LogP contribution in [0.25, 0.3) is 0 Å². The van der Waals surface area contributed by atoms with Crippen molar-refractivity contribution >= 4 is 33.5 Å². The van der Waals surface area contributed by atoms with Gasteiger partial charge in [-0.2, -0.15) is 0 Å². The number of carbonyl (C=O) groups excluding carboxylic acids is 1. The van der Waals surface area contributed by atoms with Crippen LogP contribution in [-0.4, -0.2) is 19.7 Å². The van der Waals surface area contributed by atoms with Crippen LogP contribution < -0.4 is 14.2 Å². The quantitative estimate of drug-likeness (QED) is 0.522. The highest BCUT2D eigenvalue weighted by molar-refractivity contribution is 9.10. The Balaban J connectivity index is 2.30. The standard InChI is InChI=1S/C17H16BrClO4/c1-4-22-16-13(18)8-11(9-15(16)21-3)17(20)23-14-6-5-12(19)7-10(14)2/h5-9H,4H2,1-3H3. The normalized spacial score (nSPS) is 10.3. The van der Waals surface area contributed by atoms with Crippen molar-refractivity contribution in [3.8, 4) is 17.2 Å². The van der Waals surface area contributed by atoms with Gasteiger partial charge in [-0.25, -0.2) is 4.79 Å². The van der Waals surface area contributed by atoms with Gasteiger partial charge in [0, 0.05) is 5.02 Å². The molecule has 0 aliphatic rings. The number of halogens is 2. The second kappa shape index (κ2) is 7.70. The summed E-state index contributed by atoms with van der Waals surface area (Å²) in [5, 5.41) is 0.591. The van der Waals surface area contributed by atoms with E-state index in [-0.39, 0.29) is 0 Å². The van der Waals surface area contributed by atoms with Crippen molar-refractivity contribution in [1.82, 2.24) is 0 Å². The van der Waals surface area contributed by atoms with Gasteiger partial charge in [0.1, 0.15) is 5.75 Å². The monoisotopic (exact) mass is 398 g/mol. The summed E-state index contributed by atoms with van der Waals surface area (Å²) in [5.74, 6) is 0.982.